The molecule has 6 nitrogen and oxygen atoms in total. The Bertz CT molecular complexity index is 981. The van der Waals surface area contributed by atoms with Crippen molar-refractivity contribution in [3.8, 4) is 0 Å². The number of nitrogens with two attached hydrogens (primary N) is 1. The first kappa shape index (κ1) is 17.3. The van der Waals surface area contributed by atoms with E-state index in [1.807, 2.05) is 48.7 Å². The number of para-hydroxylation sites is 1. The minimum Gasteiger partial charge on any atom is -0.377 e. The molecular weight excluding hydrogens is 342 g/mol. The Hall–Kier alpha value is -3.12. The van der Waals surface area contributed by atoms with Crippen LogP contribution in [0, 0.1) is 0 Å². The molecule has 138 valence electrons. The van der Waals surface area contributed by atoms with Crippen molar-refractivity contribution in [2.45, 2.75) is 12.6 Å². The fourth-order valence-electron chi connectivity index (χ4n) is 3.57. The normalized spacial score (nSPS) is 17.2. The molecule has 27 heavy (non-hydrogen) atoms. The lowest BCUT2D eigenvalue weighted by Crippen LogP contribution is -2.54. The summed E-state index contributed by atoms with van der Waals surface area (Å²) in [6.07, 6.45) is 1.87. The zero-order valence-corrected chi connectivity index (χ0v) is 14.9. The van der Waals surface area contributed by atoms with Crippen LogP contribution in [0.1, 0.15) is 15.9 Å². The molecule has 1 aromatic heterocycles. The van der Waals surface area contributed by atoms with Gasteiger partial charge >= 0.3 is 0 Å². The van der Waals surface area contributed by atoms with Gasteiger partial charge in [-0.05, 0) is 11.6 Å². The van der Waals surface area contributed by atoms with Gasteiger partial charge in [0, 0.05) is 30.2 Å². The number of carbonyl (C=O) groups excluding carboxylic acids is 2. The Morgan fingerprint density at radius 2 is 1.81 bits per heavy atom. The Morgan fingerprint density at radius 3 is 2.59 bits per heavy atom. The minimum absolute atomic E-state index is 0.143. The van der Waals surface area contributed by atoms with Crippen molar-refractivity contribution >= 4 is 22.7 Å². The number of hydrogen-bond acceptors (Lipinski definition) is 3. The van der Waals surface area contributed by atoms with Gasteiger partial charge in [-0.15, -0.1) is 0 Å². The van der Waals surface area contributed by atoms with Gasteiger partial charge in [-0.2, -0.15) is 0 Å². The van der Waals surface area contributed by atoms with Crippen molar-refractivity contribution in [1.82, 2.24) is 9.47 Å². The molecule has 2 N–H and O–H groups in total. The van der Waals surface area contributed by atoms with Crippen LogP contribution in [0.15, 0.2) is 60.8 Å². The lowest BCUT2D eigenvalue weighted by atomic mass is 10.1. The smallest absolute Gasteiger partial charge is 0.256 e. The molecule has 4 rings (SSSR count). The molecule has 2 heterocycles. The van der Waals surface area contributed by atoms with Gasteiger partial charge < -0.3 is 19.9 Å². The predicted molar refractivity (Wildman–Crippen MR) is 102 cm³/mol. The lowest BCUT2D eigenvalue weighted by molar-refractivity contribution is -0.127. The van der Waals surface area contributed by atoms with Gasteiger partial charge in [0.25, 0.3) is 5.91 Å². The molecule has 0 radical (unpaired) electrons. The van der Waals surface area contributed by atoms with E-state index in [1.165, 1.54) is 4.90 Å². The van der Waals surface area contributed by atoms with Crippen molar-refractivity contribution in [3.63, 3.8) is 0 Å². The second-order valence-electron chi connectivity index (χ2n) is 6.67. The number of fused-ring (bicyclic) bond motifs is 1. The fourth-order valence-corrected chi connectivity index (χ4v) is 3.57. The maximum atomic E-state index is 13.2. The summed E-state index contributed by atoms with van der Waals surface area (Å²) in [6.45, 7) is 1.56. The van der Waals surface area contributed by atoms with Crippen LogP contribution < -0.4 is 5.73 Å². The van der Waals surface area contributed by atoms with Crippen LogP contribution in [-0.2, 0) is 16.1 Å². The summed E-state index contributed by atoms with van der Waals surface area (Å²) >= 11 is 0. The number of amides is 2. The van der Waals surface area contributed by atoms with Crippen LogP contribution >= 0.6 is 0 Å². The predicted octanol–water partition coefficient (Wildman–Crippen LogP) is 2.02. The van der Waals surface area contributed by atoms with Crippen molar-refractivity contribution in [2.75, 3.05) is 19.8 Å². The van der Waals surface area contributed by atoms with E-state index in [0.717, 1.165) is 16.5 Å². The summed E-state index contributed by atoms with van der Waals surface area (Å²) in [6, 6.07) is 17.2. The quantitative estimate of drug-likeness (QED) is 0.770. The molecule has 3 aromatic rings. The number of morpholine rings is 1. The number of carbonyl (C=O) groups is 2. The van der Waals surface area contributed by atoms with Gasteiger partial charge in [0.2, 0.25) is 5.91 Å². The zero-order valence-electron chi connectivity index (χ0n) is 14.9. The van der Waals surface area contributed by atoms with E-state index >= 15 is 0 Å². The van der Waals surface area contributed by atoms with Crippen LogP contribution in [-0.4, -0.2) is 47.1 Å². The van der Waals surface area contributed by atoms with E-state index in [4.69, 9.17) is 10.5 Å². The van der Waals surface area contributed by atoms with Crippen LogP contribution in [0.4, 0.5) is 0 Å². The third-order valence-electron chi connectivity index (χ3n) is 4.93. The molecule has 0 aliphatic carbocycles. The van der Waals surface area contributed by atoms with E-state index in [9.17, 15) is 9.59 Å². The maximum Gasteiger partial charge on any atom is 0.256 e. The Kier molecular flexibility index (Phi) is 4.64. The molecule has 2 amide bonds. The number of benzene rings is 2. The van der Waals surface area contributed by atoms with Gasteiger partial charge in [0.15, 0.2) is 0 Å². The number of aromatic nitrogens is 1. The molecular formula is C21H21N3O3. The van der Waals surface area contributed by atoms with E-state index in [2.05, 4.69) is 16.7 Å². The third-order valence-corrected chi connectivity index (χ3v) is 4.93. The molecule has 0 spiro atoms. The summed E-state index contributed by atoms with van der Waals surface area (Å²) in [7, 11) is 0. The topological polar surface area (TPSA) is 77.6 Å². The number of rotatable bonds is 4. The number of nitrogens with zero attached hydrogens (tertiary/aromatic N) is 2. The van der Waals surface area contributed by atoms with Gasteiger partial charge in [-0.25, -0.2) is 0 Å². The highest BCUT2D eigenvalue weighted by atomic mass is 16.5. The third kappa shape index (κ3) is 3.31. The number of hydrogen-bond donors (Lipinski definition) is 1. The van der Waals surface area contributed by atoms with Crippen molar-refractivity contribution < 1.29 is 14.3 Å². The molecule has 1 aliphatic heterocycles. The van der Waals surface area contributed by atoms with Gasteiger partial charge in [0.05, 0.1) is 18.8 Å². The average molecular weight is 363 g/mol. The summed E-state index contributed by atoms with van der Waals surface area (Å²) < 4.78 is 7.40. The number of primary amides is 1. The lowest BCUT2D eigenvalue weighted by Gasteiger charge is -2.33. The first-order chi connectivity index (χ1) is 13.1. The summed E-state index contributed by atoms with van der Waals surface area (Å²) in [5.74, 6) is -0.735. The Balaban J connectivity index is 1.73. The molecule has 1 saturated heterocycles. The maximum absolute atomic E-state index is 13.2. The van der Waals surface area contributed by atoms with Crippen molar-refractivity contribution in [2.24, 2.45) is 5.73 Å². The average Bonchev–Trinajstić information content (AvgIpc) is 3.07. The molecule has 0 unspecified atom stereocenters. The minimum atomic E-state index is -0.734. The molecule has 0 saturated carbocycles. The first-order valence-electron chi connectivity index (χ1n) is 8.95. The SMILES string of the molecule is NC(=O)[C@@H]1COCCN1C(=O)c1cn(Cc2ccccc2)c2ccccc12. The summed E-state index contributed by atoms with van der Waals surface area (Å²) in [5.41, 5.74) is 8.19. The molecule has 1 atom stereocenters. The monoisotopic (exact) mass is 363 g/mol. The molecule has 6 heteroatoms. The van der Waals surface area contributed by atoms with E-state index < -0.39 is 11.9 Å². The molecule has 0 bridgehead atoms. The van der Waals surface area contributed by atoms with Crippen LogP contribution in [0.25, 0.3) is 10.9 Å². The second kappa shape index (κ2) is 7.25. The zero-order chi connectivity index (χ0) is 18.8. The number of ether oxygens (including phenoxy) is 1. The molecule has 1 fully saturated rings. The highest BCUT2D eigenvalue weighted by Crippen LogP contribution is 2.25. The van der Waals surface area contributed by atoms with E-state index in [1.54, 1.807) is 0 Å². The van der Waals surface area contributed by atoms with Crippen LogP contribution in [0.3, 0.4) is 0 Å². The largest absolute Gasteiger partial charge is 0.377 e. The van der Waals surface area contributed by atoms with E-state index in [0.29, 0.717) is 25.3 Å². The summed E-state index contributed by atoms with van der Waals surface area (Å²) in [5, 5.41) is 0.869. The van der Waals surface area contributed by atoms with Gasteiger partial charge in [-0.1, -0.05) is 48.5 Å². The van der Waals surface area contributed by atoms with Crippen LogP contribution in [0.5, 0.6) is 0 Å². The summed E-state index contributed by atoms with van der Waals surface area (Å²) in [4.78, 5) is 26.5. The van der Waals surface area contributed by atoms with Crippen molar-refractivity contribution in [1.29, 1.82) is 0 Å². The van der Waals surface area contributed by atoms with Gasteiger partial charge in [-0.3, -0.25) is 9.59 Å². The standard InChI is InChI=1S/C21H21N3O3/c22-20(25)19-14-27-11-10-24(19)21(26)17-13-23(12-15-6-2-1-3-7-15)18-9-5-4-8-16(17)18/h1-9,13,19H,10-12,14H2,(H2,22,25)/t19-/m0/s1. The first-order valence-corrected chi connectivity index (χ1v) is 8.95. The Morgan fingerprint density at radius 1 is 1.07 bits per heavy atom. The molecule has 1 aliphatic rings. The van der Waals surface area contributed by atoms with Crippen LogP contribution in [0.2, 0.25) is 0 Å². The van der Waals surface area contributed by atoms with Crippen molar-refractivity contribution in [3.05, 3.63) is 71.9 Å². The van der Waals surface area contributed by atoms with E-state index in [-0.39, 0.29) is 12.5 Å². The highest BCUT2D eigenvalue weighted by molar-refractivity contribution is 6.08. The Labute approximate surface area is 157 Å². The fraction of sp³-hybridized carbons (Fsp3) is 0.238. The molecule has 2 aromatic carbocycles. The second-order valence-corrected chi connectivity index (χ2v) is 6.67. The van der Waals surface area contributed by atoms with Gasteiger partial charge in [0.1, 0.15) is 6.04 Å². The highest BCUT2D eigenvalue weighted by Gasteiger charge is 2.33.